The topological polar surface area (TPSA) is 99.3 Å². The van der Waals surface area contributed by atoms with Crippen LogP contribution in [0.2, 0.25) is 0 Å². The number of piperidine rings is 1. The largest absolute Gasteiger partial charge is 0.444 e. The Hall–Kier alpha value is -1.39. The van der Waals surface area contributed by atoms with Gasteiger partial charge in [-0.3, -0.25) is 9.69 Å². The first-order valence-corrected chi connectivity index (χ1v) is 12.3. The van der Waals surface area contributed by atoms with Crippen LogP contribution in [-0.2, 0) is 19.6 Å². The third-order valence-corrected chi connectivity index (χ3v) is 6.45. The van der Waals surface area contributed by atoms with Crippen molar-refractivity contribution in [1.29, 1.82) is 0 Å². The summed E-state index contributed by atoms with van der Waals surface area (Å²) >= 11 is 0. The van der Waals surface area contributed by atoms with E-state index in [4.69, 9.17) is 4.74 Å². The molecule has 2 heterocycles. The van der Waals surface area contributed by atoms with Crippen LogP contribution >= 0.6 is 0 Å². The maximum Gasteiger partial charge on any atom is 0.410 e. The van der Waals surface area contributed by atoms with Gasteiger partial charge in [0.1, 0.15) is 11.6 Å². The minimum absolute atomic E-state index is 0.204. The van der Waals surface area contributed by atoms with Crippen molar-refractivity contribution in [3.8, 4) is 0 Å². The molecule has 1 N–H and O–H groups in total. The molecule has 2 aliphatic rings. The van der Waals surface area contributed by atoms with Crippen molar-refractivity contribution in [1.82, 2.24) is 19.4 Å². The predicted molar refractivity (Wildman–Crippen MR) is 111 cm³/mol. The number of hydrogen-bond donors (Lipinski definition) is 1. The van der Waals surface area contributed by atoms with Crippen molar-refractivity contribution in [2.75, 3.05) is 52.1 Å². The fraction of sp³-hybridized carbons (Fsp3) is 0.895. The molecule has 2 amide bonds. The smallest absolute Gasteiger partial charge is 0.410 e. The average Bonchev–Trinajstić information content (AvgIpc) is 2.63. The molecule has 1 atom stereocenters. The summed E-state index contributed by atoms with van der Waals surface area (Å²) in [5.41, 5.74) is -0.489. The summed E-state index contributed by atoms with van der Waals surface area (Å²) < 4.78 is 30.5. The lowest BCUT2D eigenvalue weighted by atomic mass is 10.0. The van der Waals surface area contributed by atoms with Crippen LogP contribution in [0.15, 0.2) is 0 Å². The Balaban J connectivity index is 1.67. The van der Waals surface area contributed by atoms with Crippen molar-refractivity contribution in [2.45, 2.75) is 58.1 Å². The summed E-state index contributed by atoms with van der Waals surface area (Å²) in [7, 11) is -3.37. The molecule has 9 nitrogen and oxygen atoms in total. The minimum Gasteiger partial charge on any atom is -0.444 e. The number of carbonyl (C=O) groups is 2. The van der Waals surface area contributed by atoms with Gasteiger partial charge in [-0.25, -0.2) is 13.2 Å². The third kappa shape index (κ3) is 7.75. The van der Waals surface area contributed by atoms with Crippen molar-refractivity contribution >= 4 is 22.0 Å². The molecular weight excluding hydrogens is 396 g/mol. The van der Waals surface area contributed by atoms with Gasteiger partial charge in [0.15, 0.2) is 0 Å². The van der Waals surface area contributed by atoms with E-state index in [9.17, 15) is 18.0 Å². The van der Waals surface area contributed by atoms with Crippen molar-refractivity contribution in [3.63, 3.8) is 0 Å². The molecule has 0 radical (unpaired) electrons. The van der Waals surface area contributed by atoms with Crippen LogP contribution in [-0.4, -0.2) is 98.2 Å². The summed E-state index contributed by atoms with van der Waals surface area (Å²) in [6.45, 7) is 10.1. The molecule has 2 saturated heterocycles. The lowest BCUT2D eigenvalue weighted by molar-refractivity contribution is -0.125. The quantitative estimate of drug-likeness (QED) is 0.625. The van der Waals surface area contributed by atoms with E-state index in [1.165, 1.54) is 4.31 Å². The number of nitrogens with zero attached hydrogens (tertiary/aromatic N) is 3. The zero-order valence-electron chi connectivity index (χ0n) is 18.1. The van der Waals surface area contributed by atoms with Gasteiger partial charge in [-0.1, -0.05) is 6.42 Å². The summed E-state index contributed by atoms with van der Waals surface area (Å²) in [4.78, 5) is 28.5. The zero-order valence-corrected chi connectivity index (χ0v) is 19.0. The van der Waals surface area contributed by atoms with E-state index in [2.05, 4.69) is 10.2 Å². The average molecular weight is 433 g/mol. The first kappa shape index (κ1) is 23.9. The second kappa shape index (κ2) is 10.1. The Kier molecular flexibility index (Phi) is 8.30. The lowest BCUT2D eigenvalue weighted by Gasteiger charge is -2.35. The van der Waals surface area contributed by atoms with Crippen LogP contribution in [0, 0.1) is 0 Å². The van der Waals surface area contributed by atoms with E-state index in [0.717, 1.165) is 45.2 Å². The maximum atomic E-state index is 12.4. The van der Waals surface area contributed by atoms with Crippen LogP contribution in [0.3, 0.4) is 0 Å². The van der Waals surface area contributed by atoms with E-state index >= 15 is 0 Å². The number of carbonyl (C=O) groups excluding carboxylic acids is 2. The summed E-state index contributed by atoms with van der Waals surface area (Å²) in [5.74, 6) is -0.204. The van der Waals surface area contributed by atoms with Crippen LogP contribution in [0.5, 0.6) is 0 Å². The number of rotatable bonds is 6. The van der Waals surface area contributed by atoms with Gasteiger partial charge in [0.2, 0.25) is 15.9 Å². The van der Waals surface area contributed by atoms with E-state index < -0.39 is 21.7 Å². The fourth-order valence-electron chi connectivity index (χ4n) is 3.68. The van der Waals surface area contributed by atoms with Crippen LogP contribution in [0.25, 0.3) is 0 Å². The highest BCUT2D eigenvalue weighted by atomic mass is 32.2. The highest BCUT2D eigenvalue weighted by Crippen LogP contribution is 2.20. The molecule has 1 unspecified atom stereocenters. The SMILES string of the molecule is CC(C)(C)OC(=O)N1CCN(CCCNC(=O)C2CCCCN2S(C)(=O)=O)CC1. The Bertz CT molecular complexity index is 669. The molecule has 29 heavy (non-hydrogen) atoms. The molecule has 0 bridgehead atoms. The van der Waals surface area contributed by atoms with Crippen LogP contribution in [0.1, 0.15) is 46.5 Å². The second-order valence-electron chi connectivity index (χ2n) is 8.84. The first-order valence-electron chi connectivity index (χ1n) is 10.4. The molecule has 168 valence electrons. The molecular formula is C19H36N4O5S. The maximum absolute atomic E-state index is 12.4. The van der Waals surface area contributed by atoms with Gasteiger partial charge >= 0.3 is 6.09 Å². The molecule has 0 aromatic heterocycles. The molecule has 0 spiro atoms. The van der Waals surface area contributed by atoms with E-state index in [1.807, 2.05) is 20.8 Å². The summed E-state index contributed by atoms with van der Waals surface area (Å²) in [6, 6.07) is -0.587. The summed E-state index contributed by atoms with van der Waals surface area (Å²) in [6.07, 6.45) is 3.91. The summed E-state index contributed by atoms with van der Waals surface area (Å²) in [5, 5.41) is 2.89. The van der Waals surface area contributed by atoms with Gasteiger partial charge in [0.05, 0.1) is 6.26 Å². The second-order valence-corrected chi connectivity index (χ2v) is 10.8. The number of piperazine rings is 1. The number of ether oxygens (including phenoxy) is 1. The van der Waals surface area contributed by atoms with Crippen LogP contribution < -0.4 is 5.32 Å². The molecule has 10 heteroatoms. The van der Waals surface area contributed by atoms with E-state index in [0.29, 0.717) is 32.6 Å². The first-order chi connectivity index (χ1) is 13.5. The van der Waals surface area contributed by atoms with Gasteiger partial charge in [0, 0.05) is 39.3 Å². The molecule has 0 aliphatic carbocycles. The number of sulfonamides is 1. The molecule has 0 aromatic carbocycles. The van der Waals surface area contributed by atoms with Gasteiger partial charge in [-0.2, -0.15) is 4.31 Å². The van der Waals surface area contributed by atoms with Gasteiger partial charge in [0.25, 0.3) is 0 Å². The predicted octanol–water partition coefficient (Wildman–Crippen LogP) is 0.860. The van der Waals surface area contributed by atoms with Crippen LogP contribution in [0.4, 0.5) is 4.79 Å². The Morgan fingerprint density at radius 1 is 1.07 bits per heavy atom. The molecule has 2 rings (SSSR count). The van der Waals surface area contributed by atoms with Gasteiger partial charge in [-0.15, -0.1) is 0 Å². The van der Waals surface area contributed by atoms with Gasteiger partial charge < -0.3 is 15.0 Å². The molecule has 0 aromatic rings. The highest BCUT2D eigenvalue weighted by Gasteiger charge is 2.34. The minimum atomic E-state index is -3.37. The molecule has 2 aliphatic heterocycles. The number of amides is 2. The lowest BCUT2D eigenvalue weighted by Crippen LogP contribution is -2.52. The normalized spacial score (nSPS) is 22.3. The zero-order chi connectivity index (χ0) is 21.7. The monoisotopic (exact) mass is 432 g/mol. The number of hydrogen-bond acceptors (Lipinski definition) is 6. The van der Waals surface area contributed by atoms with Crippen molar-refractivity contribution in [3.05, 3.63) is 0 Å². The van der Waals surface area contributed by atoms with Crippen molar-refractivity contribution < 1.29 is 22.7 Å². The van der Waals surface area contributed by atoms with E-state index in [1.54, 1.807) is 4.90 Å². The Morgan fingerprint density at radius 3 is 2.31 bits per heavy atom. The Morgan fingerprint density at radius 2 is 1.72 bits per heavy atom. The third-order valence-electron chi connectivity index (χ3n) is 5.16. The fourth-order valence-corrected chi connectivity index (χ4v) is 4.80. The molecule has 0 saturated carbocycles. The van der Waals surface area contributed by atoms with Gasteiger partial charge in [-0.05, 0) is 46.6 Å². The molecule has 2 fully saturated rings. The number of nitrogens with one attached hydrogen (secondary N) is 1. The van der Waals surface area contributed by atoms with Crippen molar-refractivity contribution in [2.24, 2.45) is 0 Å². The standard InChI is InChI=1S/C19H36N4O5S/c1-19(2,3)28-18(25)22-14-12-21(13-15-22)10-7-9-20-17(24)16-8-5-6-11-23(16)29(4,26)27/h16H,5-15H2,1-4H3,(H,20,24). The van der Waals surface area contributed by atoms with E-state index in [-0.39, 0.29) is 12.0 Å². The highest BCUT2D eigenvalue weighted by molar-refractivity contribution is 7.88. The Labute approximate surface area is 174 Å².